The van der Waals surface area contributed by atoms with E-state index in [-0.39, 0.29) is 30.5 Å². The summed E-state index contributed by atoms with van der Waals surface area (Å²) in [7, 11) is 1.57. The van der Waals surface area contributed by atoms with Gasteiger partial charge in [0.15, 0.2) is 11.4 Å². The molecule has 4 atom stereocenters. The maximum Gasteiger partial charge on any atom is 0.252 e. The number of methoxy groups -OCH3 is 1. The molecule has 1 aliphatic heterocycles. The number of ether oxygens (including phenoxy) is 5. The lowest BCUT2D eigenvalue weighted by Gasteiger charge is -2.43. The molecule has 1 amide bonds. The van der Waals surface area contributed by atoms with Crippen LogP contribution >= 0.6 is 0 Å². The Balaban J connectivity index is 1.84. The molecule has 0 aromatic heterocycles. The summed E-state index contributed by atoms with van der Waals surface area (Å²) in [6, 6.07) is 6.02. The van der Waals surface area contributed by atoms with Crippen LogP contribution in [0.1, 0.15) is 32.3 Å². The van der Waals surface area contributed by atoms with Crippen molar-refractivity contribution in [2.75, 3.05) is 26.9 Å². The van der Waals surface area contributed by atoms with E-state index in [4.69, 9.17) is 23.7 Å². The molecule has 31 heavy (non-hydrogen) atoms. The first kappa shape index (κ1) is 23.8. The van der Waals surface area contributed by atoms with Crippen molar-refractivity contribution in [1.29, 1.82) is 0 Å². The van der Waals surface area contributed by atoms with Gasteiger partial charge in [-0.25, -0.2) is 4.39 Å². The first-order valence-electron chi connectivity index (χ1n) is 10.5. The molecule has 1 N–H and O–H groups in total. The van der Waals surface area contributed by atoms with Crippen LogP contribution in [0.4, 0.5) is 4.39 Å². The molecular weight excluding hydrogens is 405 g/mol. The topological polar surface area (TPSA) is 75.3 Å². The summed E-state index contributed by atoms with van der Waals surface area (Å²) in [5, 5.41) is 2.90. The first-order valence-corrected chi connectivity index (χ1v) is 10.5. The smallest absolute Gasteiger partial charge is 0.252 e. The fourth-order valence-corrected chi connectivity index (χ4v) is 4.13. The van der Waals surface area contributed by atoms with E-state index in [2.05, 4.69) is 11.9 Å². The molecule has 2 aliphatic rings. The number of fused-ring (bicyclic) bond motifs is 1. The molecule has 1 saturated heterocycles. The molecule has 0 spiro atoms. The molecule has 1 aromatic carbocycles. The summed E-state index contributed by atoms with van der Waals surface area (Å²) in [4.78, 5) is 13.3. The standard InChI is InChI=1S/C23H32FNO6/c1-5-11-28-18-13-23(21(26)25-10-12-27-4,14-19-20(18)31-22(2,3)30-19)29-15-16-6-8-17(24)9-7-16/h5-9,18-20H,1,10-15H2,2-4H3,(H,25,26)/t18-,19+,20-,23+/m0/s1. The van der Waals surface area contributed by atoms with E-state index in [0.29, 0.717) is 32.6 Å². The Morgan fingerprint density at radius 2 is 2.03 bits per heavy atom. The van der Waals surface area contributed by atoms with Gasteiger partial charge < -0.3 is 29.0 Å². The second-order valence-corrected chi connectivity index (χ2v) is 8.37. The largest absolute Gasteiger partial charge is 0.383 e. The Kier molecular flexibility index (Phi) is 7.82. The van der Waals surface area contributed by atoms with Gasteiger partial charge in [0.2, 0.25) is 0 Å². The lowest BCUT2D eigenvalue weighted by Crippen LogP contribution is -2.60. The van der Waals surface area contributed by atoms with Crippen LogP contribution in [0.3, 0.4) is 0 Å². The van der Waals surface area contributed by atoms with E-state index >= 15 is 0 Å². The summed E-state index contributed by atoms with van der Waals surface area (Å²) in [6.45, 7) is 8.60. The van der Waals surface area contributed by atoms with Gasteiger partial charge in [0.05, 0.1) is 32.0 Å². The van der Waals surface area contributed by atoms with Crippen LogP contribution in [0.5, 0.6) is 0 Å². The van der Waals surface area contributed by atoms with E-state index in [9.17, 15) is 9.18 Å². The fourth-order valence-electron chi connectivity index (χ4n) is 4.13. The van der Waals surface area contributed by atoms with Crippen LogP contribution in [0, 0.1) is 5.82 Å². The van der Waals surface area contributed by atoms with Gasteiger partial charge in [-0.3, -0.25) is 4.79 Å². The van der Waals surface area contributed by atoms with Crippen LogP contribution < -0.4 is 5.32 Å². The molecule has 1 aliphatic carbocycles. The van der Waals surface area contributed by atoms with Gasteiger partial charge in [-0.1, -0.05) is 18.2 Å². The highest BCUT2D eigenvalue weighted by Crippen LogP contribution is 2.44. The zero-order valence-electron chi connectivity index (χ0n) is 18.4. The van der Waals surface area contributed by atoms with Crippen LogP contribution in [0.2, 0.25) is 0 Å². The van der Waals surface area contributed by atoms with Crippen LogP contribution in [-0.2, 0) is 35.1 Å². The summed E-state index contributed by atoms with van der Waals surface area (Å²) in [6.07, 6.45) is 1.16. The Morgan fingerprint density at radius 1 is 1.29 bits per heavy atom. The maximum absolute atomic E-state index is 13.3. The Hall–Kier alpha value is -1.84. The molecule has 1 saturated carbocycles. The number of amides is 1. The number of benzene rings is 1. The van der Waals surface area contributed by atoms with Gasteiger partial charge in [-0.05, 0) is 31.5 Å². The van der Waals surface area contributed by atoms with Crippen LogP contribution in [-0.4, -0.2) is 62.5 Å². The van der Waals surface area contributed by atoms with Crippen molar-refractivity contribution in [3.8, 4) is 0 Å². The minimum atomic E-state index is -1.20. The predicted molar refractivity (Wildman–Crippen MR) is 112 cm³/mol. The molecule has 0 bridgehead atoms. The Labute approximate surface area is 182 Å². The minimum Gasteiger partial charge on any atom is -0.383 e. The summed E-state index contributed by atoms with van der Waals surface area (Å²) in [5.41, 5.74) is -0.432. The van der Waals surface area contributed by atoms with E-state index in [1.807, 2.05) is 13.8 Å². The van der Waals surface area contributed by atoms with E-state index < -0.39 is 17.5 Å². The zero-order chi connectivity index (χ0) is 22.5. The molecule has 0 radical (unpaired) electrons. The van der Waals surface area contributed by atoms with Gasteiger partial charge in [0, 0.05) is 26.5 Å². The minimum absolute atomic E-state index is 0.147. The highest BCUT2D eigenvalue weighted by atomic mass is 19.1. The van der Waals surface area contributed by atoms with E-state index in [1.54, 1.807) is 25.3 Å². The van der Waals surface area contributed by atoms with Gasteiger partial charge in [-0.15, -0.1) is 6.58 Å². The molecule has 1 aromatic rings. The number of halogens is 1. The van der Waals surface area contributed by atoms with Crippen molar-refractivity contribution in [3.63, 3.8) is 0 Å². The molecule has 1 heterocycles. The third-order valence-electron chi connectivity index (χ3n) is 5.51. The van der Waals surface area contributed by atoms with Gasteiger partial charge in [0.1, 0.15) is 11.9 Å². The van der Waals surface area contributed by atoms with Gasteiger partial charge in [0.25, 0.3) is 5.91 Å². The fraction of sp³-hybridized carbons (Fsp3) is 0.609. The first-order chi connectivity index (χ1) is 14.8. The van der Waals surface area contributed by atoms with Crippen molar-refractivity contribution in [1.82, 2.24) is 5.32 Å². The van der Waals surface area contributed by atoms with Crippen molar-refractivity contribution in [3.05, 3.63) is 48.3 Å². The van der Waals surface area contributed by atoms with Crippen LogP contribution in [0.15, 0.2) is 36.9 Å². The maximum atomic E-state index is 13.3. The van der Waals surface area contributed by atoms with E-state index in [0.717, 1.165) is 5.56 Å². The molecule has 172 valence electrons. The molecule has 8 heteroatoms. The molecule has 7 nitrogen and oxygen atoms in total. The normalized spacial score (nSPS) is 29.4. The average Bonchev–Trinajstić information content (AvgIpc) is 3.05. The molecule has 3 rings (SSSR count). The van der Waals surface area contributed by atoms with Gasteiger partial charge in [-0.2, -0.15) is 0 Å². The summed E-state index contributed by atoms with van der Waals surface area (Å²) in [5.74, 6) is -1.37. The van der Waals surface area contributed by atoms with Crippen molar-refractivity contribution in [2.45, 2.75) is 63.0 Å². The van der Waals surface area contributed by atoms with Crippen molar-refractivity contribution in [2.24, 2.45) is 0 Å². The summed E-state index contributed by atoms with van der Waals surface area (Å²) >= 11 is 0. The zero-order valence-corrected chi connectivity index (χ0v) is 18.4. The summed E-state index contributed by atoms with van der Waals surface area (Å²) < 4.78 is 42.7. The molecule has 0 unspecified atom stereocenters. The SMILES string of the molecule is C=CCO[C@H]1C[C@](OCc2ccc(F)cc2)(C(=O)NCCOC)C[C@H]2OC(C)(C)O[C@@H]12. The molecular formula is C23H32FNO6. The third-order valence-corrected chi connectivity index (χ3v) is 5.51. The number of nitrogens with one attached hydrogen (secondary N) is 1. The number of hydrogen-bond donors (Lipinski definition) is 1. The highest BCUT2D eigenvalue weighted by molar-refractivity contribution is 5.85. The lowest BCUT2D eigenvalue weighted by atomic mass is 9.78. The molecule has 2 fully saturated rings. The lowest BCUT2D eigenvalue weighted by molar-refractivity contribution is -0.180. The average molecular weight is 438 g/mol. The predicted octanol–water partition coefficient (Wildman–Crippen LogP) is 2.73. The quantitative estimate of drug-likeness (QED) is 0.448. The Morgan fingerprint density at radius 3 is 2.71 bits per heavy atom. The van der Waals surface area contributed by atoms with Crippen LogP contribution in [0.25, 0.3) is 0 Å². The monoisotopic (exact) mass is 437 g/mol. The Bertz CT molecular complexity index is 755. The van der Waals surface area contributed by atoms with Gasteiger partial charge >= 0.3 is 0 Å². The van der Waals surface area contributed by atoms with Crippen molar-refractivity contribution < 1.29 is 32.9 Å². The number of carbonyl (C=O) groups excluding carboxylic acids is 1. The third kappa shape index (κ3) is 5.90. The second kappa shape index (κ2) is 10.2. The number of carbonyl (C=O) groups is 1. The van der Waals surface area contributed by atoms with E-state index in [1.165, 1.54) is 12.1 Å². The van der Waals surface area contributed by atoms with Crippen molar-refractivity contribution >= 4 is 5.91 Å². The number of hydrogen-bond acceptors (Lipinski definition) is 6. The second-order valence-electron chi connectivity index (χ2n) is 8.37. The number of rotatable bonds is 10. The highest BCUT2D eigenvalue weighted by Gasteiger charge is 2.57.